The third-order valence-corrected chi connectivity index (χ3v) is 5.76. The largest absolute Gasteiger partial charge is 0.489 e. The van der Waals surface area contributed by atoms with Crippen molar-refractivity contribution < 1.29 is 9.47 Å². The zero-order valence-electron chi connectivity index (χ0n) is 17.1. The maximum Gasteiger partial charge on any atom is 0.155 e. The quantitative estimate of drug-likeness (QED) is 0.436. The van der Waals surface area contributed by atoms with Crippen LogP contribution >= 0.6 is 23.2 Å². The van der Waals surface area contributed by atoms with Gasteiger partial charge in [-0.2, -0.15) is 5.26 Å². The van der Waals surface area contributed by atoms with Crippen LogP contribution in [0.25, 0.3) is 0 Å². The van der Waals surface area contributed by atoms with Crippen LogP contribution in [0.15, 0.2) is 42.6 Å². The molecule has 0 radical (unpaired) electrons. The van der Waals surface area contributed by atoms with Gasteiger partial charge < -0.3 is 9.47 Å². The number of aryl methyl sites for hydroxylation is 2. The Kier molecular flexibility index (Phi) is 6.60. The van der Waals surface area contributed by atoms with Gasteiger partial charge in [-0.1, -0.05) is 17.7 Å². The van der Waals surface area contributed by atoms with E-state index in [-0.39, 0.29) is 5.92 Å². The van der Waals surface area contributed by atoms with Gasteiger partial charge in [-0.15, -0.1) is 11.6 Å². The molecule has 0 fully saturated rings. The number of alkyl halides is 1. The van der Waals surface area contributed by atoms with Crippen LogP contribution in [-0.2, 0) is 13.0 Å². The number of rotatable bonds is 7. The van der Waals surface area contributed by atoms with Crippen molar-refractivity contribution >= 4 is 23.2 Å². The molecule has 1 heterocycles. The van der Waals surface area contributed by atoms with Crippen LogP contribution in [0, 0.1) is 18.3 Å². The lowest BCUT2D eigenvalue weighted by molar-refractivity contribution is 0.300. The van der Waals surface area contributed by atoms with Crippen molar-refractivity contribution in [1.29, 1.82) is 5.26 Å². The van der Waals surface area contributed by atoms with E-state index in [0.29, 0.717) is 35.4 Å². The summed E-state index contributed by atoms with van der Waals surface area (Å²) in [6.07, 6.45) is 3.63. The second-order valence-corrected chi connectivity index (χ2v) is 8.15. The van der Waals surface area contributed by atoms with E-state index in [1.54, 1.807) is 6.20 Å². The van der Waals surface area contributed by atoms with Gasteiger partial charge in [0.25, 0.3) is 0 Å². The van der Waals surface area contributed by atoms with Crippen LogP contribution in [0.3, 0.4) is 0 Å². The van der Waals surface area contributed by atoms with E-state index in [2.05, 4.69) is 28.2 Å². The van der Waals surface area contributed by atoms with E-state index >= 15 is 0 Å². The van der Waals surface area contributed by atoms with Crippen LogP contribution in [-0.4, -0.2) is 22.5 Å². The normalized spacial score (nSPS) is 14.7. The van der Waals surface area contributed by atoms with Gasteiger partial charge >= 0.3 is 0 Å². The molecule has 0 aliphatic heterocycles. The van der Waals surface area contributed by atoms with Crippen molar-refractivity contribution in [2.45, 2.75) is 32.3 Å². The topological polar surface area (TPSA) is 68.0 Å². The van der Waals surface area contributed by atoms with Crippen molar-refractivity contribution in [3.63, 3.8) is 0 Å². The lowest BCUT2D eigenvalue weighted by Gasteiger charge is -2.16. The Morgan fingerprint density at radius 1 is 1.19 bits per heavy atom. The van der Waals surface area contributed by atoms with Crippen LogP contribution < -0.4 is 9.47 Å². The fourth-order valence-corrected chi connectivity index (χ4v) is 4.32. The van der Waals surface area contributed by atoms with Gasteiger partial charge in [0.1, 0.15) is 30.9 Å². The molecule has 3 aromatic rings. The number of hydrogen-bond acceptors (Lipinski definition) is 5. The molecule has 5 nitrogen and oxygen atoms in total. The summed E-state index contributed by atoms with van der Waals surface area (Å²) in [5, 5.41) is 10.0. The first-order valence-corrected chi connectivity index (χ1v) is 11.0. The number of ether oxygens (including phenoxy) is 2. The summed E-state index contributed by atoms with van der Waals surface area (Å²) >= 11 is 12.1. The van der Waals surface area contributed by atoms with E-state index in [0.717, 1.165) is 35.7 Å². The number of benzene rings is 2. The Balaban J connectivity index is 1.54. The Hall–Kier alpha value is -2.81. The lowest BCUT2D eigenvalue weighted by atomic mass is 9.91. The number of aromatic nitrogens is 2. The van der Waals surface area contributed by atoms with Crippen LogP contribution in [0.1, 0.15) is 46.1 Å². The highest BCUT2D eigenvalue weighted by Crippen LogP contribution is 2.42. The second kappa shape index (κ2) is 9.55. The van der Waals surface area contributed by atoms with Crippen molar-refractivity contribution in [2.75, 3.05) is 12.5 Å². The monoisotopic (exact) mass is 453 g/mol. The van der Waals surface area contributed by atoms with Gasteiger partial charge in [0.2, 0.25) is 0 Å². The minimum absolute atomic E-state index is 0.181. The van der Waals surface area contributed by atoms with Crippen molar-refractivity contribution in [3.8, 4) is 17.6 Å². The Bertz CT molecular complexity index is 1140. The molecule has 158 valence electrons. The number of hydrogen-bond donors (Lipinski definition) is 0. The van der Waals surface area contributed by atoms with E-state index in [1.807, 2.05) is 31.2 Å². The molecule has 1 aromatic heterocycles. The van der Waals surface area contributed by atoms with E-state index in [4.69, 9.17) is 32.7 Å². The summed E-state index contributed by atoms with van der Waals surface area (Å²) in [7, 11) is 0. The molecule has 1 unspecified atom stereocenters. The summed E-state index contributed by atoms with van der Waals surface area (Å²) in [5.74, 6) is 2.46. The summed E-state index contributed by atoms with van der Waals surface area (Å²) in [4.78, 5) is 8.48. The highest BCUT2D eigenvalue weighted by Gasteiger charge is 2.26. The highest BCUT2D eigenvalue weighted by molar-refractivity contribution is 6.32. The van der Waals surface area contributed by atoms with Gasteiger partial charge in [-0.05, 0) is 66.8 Å². The van der Waals surface area contributed by atoms with Crippen LogP contribution in [0.5, 0.6) is 11.5 Å². The molecule has 0 saturated heterocycles. The van der Waals surface area contributed by atoms with E-state index < -0.39 is 0 Å². The summed E-state index contributed by atoms with van der Waals surface area (Å²) in [5.41, 5.74) is 4.78. The summed E-state index contributed by atoms with van der Waals surface area (Å²) in [6.45, 7) is 2.56. The molecule has 0 N–H and O–H groups in total. The molecule has 1 aliphatic rings. The standard InChI is InChI=1S/C24H21Cl2N3O2/c1-15-28-8-6-19(29-15)14-31-20-3-5-21-16(11-20)2-4-22(21)17-10-18(13-27)24(23(26)12-17)30-9-7-25/h3,5-6,8,10-12,22H,2,4,7,9,14H2,1H3. The molecule has 4 rings (SSSR count). The van der Waals surface area contributed by atoms with E-state index in [1.165, 1.54) is 11.1 Å². The zero-order valence-corrected chi connectivity index (χ0v) is 18.6. The summed E-state index contributed by atoms with van der Waals surface area (Å²) < 4.78 is 11.5. The van der Waals surface area contributed by atoms with Gasteiger partial charge in [0.15, 0.2) is 5.75 Å². The second-order valence-electron chi connectivity index (χ2n) is 7.36. The third kappa shape index (κ3) is 4.76. The average Bonchev–Trinajstić information content (AvgIpc) is 3.20. The first-order chi connectivity index (χ1) is 15.1. The van der Waals surface area contributed by atoms with Crippen molar-refractivity contribution in [2.24, 2.45) is 0 Å². The summed E-state index contributed by atoms with van der Waals surface area (Å²) in [6, 6.07) is 14.0. The zero-order chi connectivity index (χ0) is 21.8. The SMILES string of the molecule is Cc1nccc(COc2ccc3c(c2)CCC3c2cc(Cl)c(OCCCl)c(C#N)c2)n1. The van der Waals surface area contributed by atoms with Crippen molar-refractivity contribution in [3.05, 3.63) is 81.4 Å². The fourth-order valence-electron chi connectivity index (χ4n) is 3.96. The maximum atomic E-state index is 9.56. The molecule has 2 aromatic carbocycles. The minimum atomic E-state index is 0.181. The first kappa shape index (κ1) is 21.4. The third-order valence-electron chi connectivity index (χ3n) is 5.32. The predicted octanol–water partition coefficient (Wildman–Crippen LogP) is 5.58. The fraction of sp³-hybridized carbons (Fsp3) is 0.292. The Labute approximate surface area is 191 Å². The number of fused-ring (bicyclic) bond motifs is 1. The molecule has 0 bridgehead atoms. The number of halogens is 2. The molecule has 31 heavy (non-hydrogen) atoms. The highest BCUT2D eigenvalue weighted by atomic mass is 35.5. The minimum Gasteiger partial charge on any atom is -0.489 e. The maximum absolute atomic E-state index is 9.56. The Morgan fingerprint density at radius 3 is 2.84 bits per heavy atom. The molecular formula is C24H21Cl2N3O2. The molecule has 1 atom stereocenters. The lowest BCUT2D eigenvalue weighted by Crippen LogP contribution is -2.03. The average molecular weight is 454 g/mol. The number of nitrogens with zero attached hydrogens (tertiary/aromatic N) is 3. The smallest absolute Gasteiger partial charge is 0.155 e. The molecular weight excluding hydrogens is 433 g/mol. The van der Waals surface area contributed by atoms with Crippen LogP contribution in [0.4, 0.5) is 0 Å². The van der Waals surface area contributed by atoms with E-state index in [9.17, 15) is 5.26 Å². The Morgan fingerprint density at radius 2 is 2.06 bits per heavy atom. The molecule has 0 spiro atoms. The molecule has 0 saturated carbocycles. The predicted molar refractivity (Wildman–Crippen MR) is 120 cm³/mol. The molecule has 7 heteroatoms. The van der Waals surface area contributed by atoms with Crippen molar-refractivity contribution in [1.82, 2.24) is 9.97 Å². The van der Waals surface area contributed by atoms with Gasteiger partial charge in [0, 0.05) is 12.1 Å². The molecule has 0 amide bonds. The van der Waals surface area contributed by atoms with Gasteiger partial charge in [-0.25, -0.2) is 9.97 Å². The van der Waals surface area contributed by atoms with Crippen LogP contribution in [0.2, 0.25) is 5.02 Å². The number of nitriles is 1. The first-order valence-electron chi connectivity index (χ1n) is 10.1. The van der Waals surface area contributed by atoms with Gasteiger partial charge in [0.05, 0.1) is 22.2 Å². The molecule has 1 aliphatic carbocycles. The van der Waals surface area contributed by atoms with Gasteiger partial charge in [-0.3, -0.25) is 0 Å².